The van der Waals surface area contributed by atoms with Crippen molar-refractivity contribution in [1.29, 1.82) is 0 Å². The van der Waals surface area contributed by atoms with Gasteiger partial charge in [0.2, 0.25) is 0 Å². The van der Waals surface area contributed by atoms with Crippen molar-refractivity contribution in [3.05, 3.63) is 206 Å². The van der Waals surface area contributed by atoms with Crippen molar-refractivity contribution >= 4 is 64.6 Å². The summed E-state index contributed by atoms with van der Waals surface area (Å²) in [5.41, 5.74) is 10.1. The molecule has 0 unspecified atom stereocenters. The van der Waals surface area contributed by atoms with E-state index in [-0.39, 0.29) is 0 Å². The molecular weight excluding hydrogens is 649 g/mol. The maximum Gasteiger partial charge on any atom is -0.00261 e. The Balaban J connectivity index is 1.14. The SMILES string of the molecule is c1ccc(-c2c3ccccc3c(-c3ccc4c(ccc5ccc(-c6c7ccccc7c(-c7ccccc7)c7ccccc67)cc54)c3)c3ccccc23)cc1. The molecule has 0 spiro atoms. The first kappa shape index (κ1) is 30.6. The molecule has 0 bridgehead atoms. The predicted molar refractivity (Wildman–Crippen MR) is 233 cm³/mol. The molecule has 11 aromatic carbocycles. The molecule has 11 aromatic rings. The van der Waals surface area contributed by atoms with Gasteiger partial charge in [0, 0.05) is 0 Å². The minimum absolute atomic E-state index is 1.23. The summed E-state index contributed by atoms with van der Waals surface area (Å²) in [5.74, 6) is 0. The molecule has 0 fully saturated rings. The average Bonchev–Trinajstić information content (AvgIpc) is 3.24. The first-order chi connectivity index (χ1) is 26.8. The predicted octanol–water partition coefficient (Wildman–Crippen LogP) is 15.3. The van der Waals surface area contributed by atoms with Crippen LogP contribution < -0.4 is 0 Å². The van der Waals surface area contributed by atoms with Crippen LogP contribution in [0.15, 0.2) is 206 Å². The van der Waals surface area contributed by atoms with Crippen LogP contribution in [-0.2, 0) is 0 Å². The smallest absolute Gasteiger partial charge is 0.00261 e. The lowest BCUT2D eigenvalue weighted by molar-refractivity contribution is 1.66. The first-order valence-corrected chi connectivity index (χ1v) is 18.8. The molecule has 0 aliphatic heterocycles. The summed E-state index contributed by atoms with van der Waals surface area (Å²) in [6.45, 7) is 0. The van der Waals surface area contributed by atoms with Gasteiger partial charge in [-0.15, -0.1) is 0 Å². The monoisotopic (exact) mass is 682 g/mol. The maximum atomic E-state index is 2.42. The Morgan fingerprint density at radius 3 is 0.907 bits per heavy atom. The molecule has 0 aliphatic rings. The van der Waals surface area contributed by atoms with Gasteiger partial charge >= 0.3 is 0 Å². The molecule has 54 heavy (non-hydrogen) atoms. The topological polar surface area (TPSA) is 0 Å². The van der Waals surface area contributed by atoms with E-state index in [0.29, 0.717) is 0 Å². The molecule has 0 aromatic heterocycles. The van der Waals surface area contributed by atoms with Gasteiger partial charge in [-0.1, -0.05) is 194 Å². The summed E-state index contributed by atoms with van der Waals surface area (Å²) in [4.78, 5) is 0. The van der Waals surface area contributed by atoms with E-state index in [4.69, 9.17) is 0 Å². The van der Waals surface area contributed by atoms with Gasteiger partial charge in [-0.2, -0.15) is 0 Å². The van der Waals surface area contributed by atoms with Crippen molar-refractivity contribution in [3.8, 4) is 44.5 Å². The van der Waals surface area contributed by atoms with E-state index in [2.05, 4.69) is 206 Å². The number of hydrogen-bond donors (Lipinski definition) is 0. The Kier molecular flexibility index (Phi) is 6.97. The van der Waals surface area contributed by atoms with Crippen molar-refractivity contribution in [2.75, 3.05) is 0 Å². The summed E-state index contributed by atoms with van der Waals surface area (Å²) >= 11 is 0. The number of hydrogen-bond acceptors (Lipinski definition) is 0. The van der Waals surface area contributed by atoms with Gasteiger partial charge in [-0.3, -0.25) is 0 Å². The fourth-order valence-corrected chi connectivity index (χ4v) is 9.08. The fourth-order valence-electron chi connectivity index (χ4n) is 9.08. The van der Waals surface area contributed by atoms with Crippen LogP contribution >= 0.6 is 0 Å². The average molecular weight is 683 g/mol. The highest BCUT2D eigenvalue weighted by Crippen LogP contribution is 2.46. The van der Waals surface area contributed by atoms with E-state index in [1.54, 1.807) is 0 Å². The molecule has 0 heteroatoms. The van der Waals surface area contributed by atoms with E-state index in [1.165, 1.54) is 109 Å². The third kappa shape index (κ3) is 4.71. The molecular formula is C54H34. The van der Waals surface area contributed by atoms with Gasteiger partial charge in [-0.05, 0) is 121 Å². The number of rotatable bonds is 4. The Labute approximate surface area is 314 Å². The highest BCUT2D eigenvalue weighted by Gasteiger charge is 2.19. The third-order valence-electron chi connectivity index (χ3n) is 11.4. The molecule has 0 amide bonds. The maximum absolute atomic E-state index is 2.42. The van der Waals surface area contributed by atoms with Crippen molar-refractivity contribution < 1.29 is 0 Å². The Morgan fingerprint density at radius 1 is 0.167 bits per heavy atom. The first-order valence-electron chi connectivity index (χ1n) is 18.8. The summed E-state index contributed by atoms with van der Waals surface area (Å²) in [6, 6.07) is 76.0. The quantitative estimate of drug-likeness (QED) is 0.128. The fraction of sp³-hybridized carbons (Fsp3) is 0. The minimum Gasteiger partial charge on any atom is -0.0622 e. The summed E-state index contributed by atoms with van der Waals surface area (Å²) < 4.78 is 0. The van der Waals surface area contributed by atoms with Crippen LogP contribution in [0.2, 0.25) is 0 Å². The van der Waals surface area contributed by atoms with E-state index >= 15 is 0 Å². The van der Waals surface area contributed by atoms with Gasteiger partial charge in [0.05, 0.1) is 0 Å². The molecule has 0 saturated heterocycles. The molecule has 11 rings (SSSR count). The van der Waals surface area contributed by atoms with Crippen molar-refractivity contribution in [2.24, 2.45) is 0 Å². The van der Waals surface area contributed by atoms with Crippen LogP contribution in [0.25, 0.3) is 109 Å². The van der Waals surface area contributed by atoms with Crippen LogP contribution in [0.3, 0.4) is 0 Å². The van der Waals surface area contributed by atoms with Gasteiger partial charge in [0.1, 0.15) is 0 Å². The normalized spacial score (nSPS) is 11.7. The van der Waals surface area contributed by atoms with E-state index < -0.39 is 0 Å². The largest absolute Gasteiger partial charge is 0.0622 e. The molecule has 250 valence electrons. The van der Waals surface area contributed by atoms with Gasteiger partial charge in [0.25, 0.3) is 0 Å². The second-order valence-electron chi connectivity index (χ2n) is 14.4. The zero-order valence-electron chi connectivity index (χ0n) is 29.6. The van der Waals surface area contributed by atoms with Crippen LogP contribution in [0.4, 0.5) is 0 Å². The summed E-state index contributed by atoms with van der Waals surface area (Å²) in [5, 5.41) is 15.2. The lowest BCUT2D eigenvalue weighted by Crippen LogP contribution is -1.91. The van der Waals surface area contributed by atoms with E-state index in [1.807, 2.05) is 0 Å². The number of fused-ring (bicyclic) bond motifs is 7. The molecule has 0 heterocycles. The highest BCUT2D eigenvalue weighted by atomic mass is 14.2. The Bertz CT molecular complexity index is 3130. The highest BCUT2D eigenvalue weighted by molar-refractivity contribution is 6.24. The molecule has 0 saturated carbocycles. The van der Waals surface area contributed by atoms with Gasteiger partial charge < -0.3 is 0 Å². The van der Waals surface area contributed by atoms with Gasteiger partial charge in [-0.25, -0.2) is 0 Å². The van der Waals surface area contributed by atoms with E-state index in [9.17, 15) is 0 Å². The molecule has 0 nitrogen and oxygen atoms in total. The molecule has 0 N–H and O–H groups in total. The van der Waals surface area contributed by atoms with Crippen molar-refractivity contribution in [3.63, 3.8) is 0 Å². The second kappa shape index (κ2) is 12.3. The van der Waals surface area contributed by atoms with Gasteiger partial charge in [0.15, 0.2) is 0 Å². The van der Waals surface area contributed by atoms with Crippen molar-refractivity contribution in [2.45, 2.75) is 0 Å². The zero-order chi connectivity index (χ0) is 35.6. The molecule has 0 atom stereocenters. The second-order valence-corrected chi connectivity index (χ2v) is 14.4. The molecule has 0 aliphatic carbocycles. The lowest BCUT2D eigenvalue weighted by atomic mass is 9.84. The Morgan fingerprint density at radius 2 is 0.481 bits per heavy atom. The standard InChI is InChI=1S/C54H34/c1-3-15-36(16-4-1)51-42-19-7-11-23-46(42)53(47-24-12-8-20-43(47)51)39-31-32-41-38(33-39)29-27-35-28-30-40(34-50(35)41)54-48-25-13-9-21-44(48)52(37-17-5-2-6-18-37)45-22-10-14-26-49(45)54/h1-34H. The number of benzene rings is 11. The van der Waals surface area contributed by atoms with Crippen molar-refractivity contribution in [1.82, 2.24) is 0 Å². The summed E-state index contributed by atoms with van der Waals surface area (Å²) in [7, 11) is 0. The van der Waals surface area contributed by atoms with Crippen LogP contribution in [0.1, 0.15) is 0 Å². The Hall–Kier alpha value is -7.02. The minimum atomic E-state index is 1.23. The zero-order valence-corrected chi connectivity index (χ0v) is 29.6. The third-order valence-corrected chi connectivity index (χ3v) is 11.4. The lowest BCUT2D eigenvalue weighted by Gasteiger charge is -2.19. The van der Waals surface area contributed by atoms with Crippen LogP contribution in [-0.4, -0.2) is 0 Å². The molecule has 0 radical (unpaired) electrons. The van der Waals surface area contributed by atoms with Crippen LogP contribution in [0, 0.1) is 0 Å². The van der Waals surface area contributed by atoms with E-state index in [0.717, 1.165) is 0 Å². The summed E-state index contributed by atoms with van der Waals surface area (Å²) in [6.07, 6.45) is 0. The van der Waals surface area contributed by atoms with Crippen LogP contribution in [0.5, 0.6) is 0 Å².